The summed E-state index contributed by atoms with van der Waals surface area (Å²) >= 11 is 0. The van der Waals surface area contributed by atoms with Gasteiger partial charge in [0.2, 0.25) is 0 Å². The van der Waals surface area contributed by atoms with Crippen LogP contribution in [0.1, 0.15) is 68.6 Å². The highest BCUT2D eigenvalue weighted by molar-refractivity contribution is 5.95. The van der Waals surface area contributed by atoms with Gasteiger partial charge in [-0.05, 0) is 52.5 Å². The van der Waals surface area contributed by atoms with Gasteiger partial charge in [-0.2, -0.15) is 5.10 Å². The third-order valence-corrected chi connectivity index (χ3v) is 3.86. The Hall–Kier alpha value is -2.11. The highest BCUT2D eigenvalue weighted by Crippen LogP contribution is 2.41. The van der Waals surface area contributed by atoms with Crippen molar-refractivity contribution in [2.75, 3.05) is 0 Å². The Morgan fingerprint density at radius 2 is 2.17 bits per heavy atom. The van der Waals surface area contributed by atoms with E-state index in [1.807, 2.05) is 25.5 Å². The maximum Gasteiger partial charge on any atom is 0.326 e. The summed E-state index contributed by atoms with van der Waals surface area (Å²) in [5.74, 6) is -1.02. The molecule has 0 saturated heterocycles. The lowest BCUT2D eigenvalue weighted by molar-refractivity contribution is -0.139. The van der Waals surface area contributed by atoms with Gasteiger partial charge in [0.05, 0.1) is 5.54 Å². The lowest BCUT2D eigenvalue weighted by Crippen LogP contribution is -2.41. The van der Waals surface area contributed by atoms with Crippen LogP contribution in [0.25, 0.3) is 0 Å². The molecule has 2 rings (SSSR count). The first-order chi connectivity index (χ1) is 10.7. The third kappa shape index (κ3) is 4.21. The number of carboxylic acid groups (broad SMARTS) is 1. The molecule has 0 aliphatic heterocycles. The molecule has 126 valence electrons. The number of hydrogen-bond acceptors (Lipinski definition) is 3. The highest BCUT2D eigenvalue weighted by Gasteiger charge is 2.33. The lowest BCUT2D eigenvalue weighted by atomic mass is 10.1. The molecule has 1 aromatic rings. The topological polar surface area (TPSA) is 84.2 Å². The molecule has 1 aromatic heterocycles. The van der Waals surface area contributed by atoms with Crippen LogP contribution in [0.15, 0.2) is 18.7 Å². The largest absolute Gasteiger partial charge is 0.480 e. The van der Waals surface area contributed by atoms with Crippen LogP contribution in [-0.4, -0.2) is 32.8 Å². The second-order valence-electron chi connectivity index (χ2n) is 7.04. The van der Waals surface area contributed by atoms with Crippen molar-refractivity contribution in [3.8, 4) is 0 Å². The zero-order valence-corrected chi connectivity index (χ0v) is 14.0. The van der Waals surface area contributed by atoms with Crippen LogP contribution in [0.4, 0.5) is 0 Å². The summed E-state index contributed by atoms with van der Waals surface area (Å²) in [6.07, 6.45) is 4.71. The normalized spacial score (nSPS) is 16.0. The number of rotatable bonds is 7. The molecule has 1 amide bonds. The number of amides is 1. The van der Waals surface area contributed by atoms with E-state index in [1.54, 1.807) is 12.1 Å². The average Bonchev–Trinajstić information content (AvgIpc) is 3.19. The summed E-state index contributed by atoms with van der Waals surface area (Å²) in [6, 6.07) is 0.870. The monoisotopic (exact) mass is 319 g/mol. The van der Waals surface area contributed by atoms with Crippen molar-refractivity contribution in [3.05, 3.63) is 30.1 Å². The molecule has 6 nitrogen and oxygen atoms in total. The first kappa shape index (κ1) is 17.2. The Balaban J connectivity index is 2.18. The van der Waals surface area contributed by atoms with Gasteiger partial charge in [0.15, 0.2) is 0 Å². The molecule has 1 heterocycles. The molecule has 1 atom stereocenters. The Kier molecular flexibility index (Phi) is 4.92. The van der Waals surface area contributed by atoms with Gasteiger partial charge in [-0.25, -0.2) is 4.79 Å². The van der Waals surface area contributed by atoms with Crippen LogP contribution in [0.5, 0.6) is 0 Å². The van der Waals surface area contributed by atoms with E-state index < -0.39 is 17.9 Å². The summed E-state index contributed by atoms with van der Waals surface area (Å²) in [6.45, 7) is 9.69. The van der Waals surface area contributed by atoms with Gasteiger partial charge < -0.3 is 10.4 Å². The van der Waals surface area contributed by atoms with Gasteiger partial charge in [-0.1, -0.05) is 6.08 Å². The van der Waals surface area contributed by atoms with Crippen molar-refractivity contribution in [3.63, 3.8) is 0 Å². The highest BCUT2D eigenvalue weighted by atomic mass is 16.4. The molecule has 0 bridgehead atoms. The third-order valence-electron chi connectivity index (χ3n) is 3.86. The Morgan fingerprint density at radius 3 is 2.65 bits per heavy atom. The number of carbonyl (C=O) groups excluding carboxylic acids is 1. The van der Waals surface area contributed by atoms with Crippen LogP contribution in [-0.2, 0) is 10.3 Å². The molecule has 1 fully saturated rings. The summed E-state index contributed by atoms with van der Waals surface area (Å²) in [7, 11) is 0. The molecule has 1 unspecified atom stereocenters. The van der Waals surface area contributed by atoms with Crippen LogP contribution in [0, 0.1) is 0 Å². The summed E-state index contributed by atoms with van der Waals surface area (Å²) in [5.41, 5.74) is 1.12. The number of allylic oxidation sites excluding steroid dienone is 1. The van der Waals surface area contributed by atoms with E-state index in [4.69, 9.17) is 0 Å². The minimum absolute atomic E-state index is 0.217. The average molecular weight is 319 g/mol. The fraction of sp³-hybridized carbons (Fsp3) is 0.588. The lowest BCUT2D eigenvalue weighted by Gasteiger charge is -2.22. The molecule has 6 heteroatoms. The van der Waals surface area contributed by atoms with Crippen LogP contribution in [0.2, 0.25) is 0 Å². The van der Waals surface area contributed by atoms with E-state index in [9.17, 15) is 14.7 Å². The first-order valence-electron chi connectivity index (χ1n) is 7.99. The van der Waals surface area contributed by atoms with Gasteiger partial charge in [0.1, 0.15) is 11.7 Å². The van der Waals surface area contributed by atoms with Crippen LogP contribution in [0.3, 0.4) is 0 Å². The number of aliphatic carboxylic acids is 1. The van der Waals surface area contributed by atoms with Crippen molar-refractivity contribution in [1.82, 2.24) is 15.1 Å². The zero-order valence-electron chi connectivity index (χ0n) is 14.0. The van der Waals surface area contributed by atoms with Gasteiger partial charge in [-0.15, -0.1) is 6.58 Å². The number of hydrogen-bond donors (Lipinski definition) is 2. The van der Waals surface area contributed by atoms with Gasteiger partial charge in [0.25, 0.3) is 5.91 Å². The molecule has 0 radical (unpaired) electrons. The van der Waals surface area contributed by atoms with Crippen LogP contribution >= 0.6 is 0 Å². The summed E-state index contributed by atoms with van der Waals surface area (Å²) < 4.78 is 1.89. The van der Waals surface area contributed by atoms with Crippen molar-refractivity contribution in [1.29, 1.82) is 0 Å². The quantitative estimate of drug-likeness (QED) is 0.757. The van der Waals surface area contributed by atoms with Gasteiger partial charge >= 0.3 is 5.97 Å². The minimum atomic E-state index is -1.04. The number of aromatic nitrogens is 2. The standard InChI is InChI=1S/C17H25N3O3/c1-5-6-7-12(16(22)23)18-15(21)13-10-14(11-8-9-11)20(19-13)17(2,3)4/h5,10-12H,1,6-9H2,2-4H3,(H,18,21)(H,22,23). The smallest absolute Gasteiger partial charge is 0.326 e. The molecule has 1 aliphatic rings. The Labute approximate surface area is 136 Å². The van der Waals surface area contributed by atoms with E-state index in [0.717, 1.165) is 18.5 Å². The summed E-state index contributed by atoms with van der Waals surface area (Å²) in [5, 5.41) is 16.2. The molecule has 0 aromatic carbocycles. The van der Waals surface area contributed by atoms with E-state index in [-0.39, 0.29) is 11.2 Å². The van der Waals surface area contributed by atoms with E-state index >= 15 is 0 Å². The van der Waals surface area contributed by atoms with Crippen molar-refractivity contribution >= 4 is 11.9 Å². The maximum absolute atomic E-state index is 12.4. The molecular formula is C17H25N3O3. The van der Waals surface area contributed by atoms with E-state index in [2.05, 4.69) is 17.0 Å². The number of nitrogens with zero attached hydrogens (tertiary/aromatic N) is 2. The van der Waals surface area contributed by atoms with E-state index in [0.29, 0.717) is 18.8 Å². The number of carboxylic acids is 1. The molecule has 23 heavy (non-hydrogen) atoms. The first-order valence-corrected chi connectivity index (χ1v) is 7.99. The van der Waals surface area contributed by atoms with E-state index in [1.165, 1.54) is 0 Å². The SMILES string of the molecule is C=CCCC(NC(=O)c1cc(C2CC2)n(C(C)(C)C)n1)C(=O)O. The van der Waals surface area contributed by atoms with Crippen molar-refractivity contribution in [2.45, 2.75) is 64.0 Å². The molecule has 2 N–H and O–H groups in total. The van der Waals surface area contributed by atoms with Gasteiger partial charge in [0, 0.05) is 11.6 Å². The van der Waals surface area contributed by atoms with Crippen LogP contribution < -0.4 is 5.32 Å². The van der Waals surface area contributed by atoms with Crippen molar-refractivity contribution in [2.24, 2.45) is 0 Å². The second-order valence-corrected chi connectivity index (χ2v) is 7.04. The fourth-order valence-electron chi connectivity index (χ4n) is 2.49. The molecule has 1 saturated carbocycles. The minimum Gasteiger partial charge on any atom is -0.480 e. The number of nitrogens with one attached hydrogen (secondary N) is 1. The Bertz CT molecular complexity index is 609. The van der Waals surface area contributed by atoms with Gasteiger partial charge in [-0.3, -0.25) is 9.48 Å². The molecule has 0 spiro atoms. The maximum atomic E-state index is 12.4. The zero-order chi connectivity index (χ0) is 17.2. The predicted octanol–water partition coefficient (Wildman–Crippen LogP) is 2.66. The fourth-order valence-corrected chi connectivity index (χ4v) is 2.49. The molecular weight excluding hydrogens is 294 g/mol. The second kappa shape index (κ2) is 6.56. The van der Waals surface area contributed by atoms with Crippen molar-refractivity contribution < 1.29 is 14.7 Å². The Morgan fingerprint density at radius 1 is 1.52 bits per heavy atom. The number of carbonyl (C=O) groups is 2. The predicted molar refractivity (Wildman–Crippen MR) is 87.5 cm³/mol. The summed E-state index contributed by atoms with van der Waals surface area (Å²) in [4.78, 5) is 23.6. The molecule has 1 aliphatic carbocycles.